The van der Waals surface area contributed by atoms with Crippen LogP contribution >= 0.6 is 0 Å². The monoisotopic (exact) mass is 408 g/mol. The van der Waals surface area contributed by atoms with Crippen molar-refractivity contribution in [1.29, 1.82) is 5.53 Å². The number of anilines is 1. The fraction of sp³-hybridized carbons (Fsp3) is 0.118. The molecule has 1 amide bonds. The number of alkyl halides is 3. The van der Waals surface area contributed by atoms with Crippen LogP contribution in [0.25, 0.3) is 5.69 Å². The minimum atomic E-state index is -4.77. The summed E-state index contributed by atoms with van der Waals surface area (Å²) in [6, 6.07) is 8.64. The lowest BCUT2D eigenvalue weighted by atomic mass is 10.2. The standard InChI is InChI=1S/C17H12F4N6O2/c18-13-7-10(16(28)25-22)1-6-14(13)23-8-15-24-9-27(26-15)11-2-4-12(5-3-11)29-17(19,20)21/h1-7,9,22-23H,8H2. The normalized spacial score (nSPS) is 11.2. The number of carbonyl (C=O) groups is 1. The maximum absolute atomic E-state index is 14.0. The van der Waals surface area contributed by atoms with Crippen LogP contribution in [-0.2, 0) is 6.54 Å². The summed E-state index contributed by atoms with van der Waals surface area (Å²) in [5, 5.41) is 9.63. The number of amides is 1. The minimum absolute atomic E-state index is 0.0509. The molecule has 0 bridgehead atoms. The Balaban J connectivity index is 1.65. The highest BCUT2D eigenvalue weighted by Crippen LogP contribution is 2.23. The number of ether oxygens (including phenoxy) is 1. The molecule has 0 fully saturated rings. The van der Waals surface area contributed by atoms with Crippen LogP contribution in [0.2, 0.25) is 0 Å². The molecular formula is C17H12F4N6O2. The van der Waals surface area contributed by atoms with Gasteiger partial charge in [0.2, 0.25) is 0 Å². The van der Waals surface area contributed by atoms with Crippen molar-refractivity contribution in [2.75, 3.05) is 5.32 Å². The van der Waals surface area contributed by atoms with Gasteiger partial charge in [0, 0.05) is 5.56 Å². The lowest BCUT2D eigenvalue weighted by Gasteiger charge is -2.09. The van der Waals surface area contributed by atoms with Gasteiger partial charge in [-0.2, -0.15) is 0 Å². The third-order valence-electron chi connectivity index (χ3n) is 3.63. The summed E-state index contributed by atoms with van der Waals surface area (Å²) in [5.41, 5.74) is 7.14. The number of benzene rings is 2. The zero-order valence-corrected chi connectivity index (χ0v) is 14.4. The Hall–Kier alpha value is -3.83. The molecule has 0 atom stereocenters. The number of rotatable bonds is 6. The third kappa shape index (κ3) is 5.12. The molecule has 0 radical (unpaired) electrons. The average Bonchev–Trinajstić information content (AvgIpc) is 3.14. The quantitative estimate of drug-likeness (QED) is 0.472. The topological polar surface area (TPSA) is 105 Å². The summed E-state index contributed by atoms with van der Waals surface area (Å²) < 4.78 is 55.7. The van der Waals surface area contributed by atoms with Crippen molar-refractivity contribution in [1.82, 2.24) is 14.8 Å². The van der Waals surface area contributed by atoms with Gasteiger partial charge < -0.3 is 10.1 Å². The van der Waals surface area contributed by atoms with E-state index >= 15 is 0 Å². The van der Waals surface area contributed by atoms with Gasteiger partial charge in [-0.15, -0.1) is 23.4 Å². The summed E-state index contributed by atoms with van der Waals surface area (Å²) in [7, 11) is 0. The molecule has 29 heavy (non-hydrogen) atoms. The van der Waals surface area contributed by atoms with E-state index in [1.54, 1.807) is 0 Å². The number of nitrogens with one attached hydrogen (secondary N) is 2. The van der Waals surface area contributed by atoms with Crippen molar-refractivity contribution in [3.8, 4) is 11.4 Å². The van der Waals surface area contributed by atoms with Gasteiger partial charge in [0.25, 0.3) is 5.91 Å². The molecule has 0 aliphatic rings. The second kappa shape index (κ2) is 8.04. The molecule has 0 saturated heterocycles. The van der Waals surface area contributed by atoms with Gasteiger partial charge in [0.1, 0.15) is 17.9 Å². The molecular weight excluding hydrogens is 396 g/mol. The van der Waals surface area contributed by atoms with E-state index in [0.717, 1.165) is 18.2 Å². The van der Waals surface area contributed by atoms with E-state index in [-0.39, 0.29) is 23.5 Å². The largest absolute Gasteiger partial charge is 0.573 e. The van der Waals surface area contributed by atoms with Crippen LogP contribution in [-0.4, -0.2) is 27.0 Å². The number of carbonyl (C=O) groups excluding carboxylic acids is 1. The zero-order chi connectivity index (χ0) is 21.0. The van der Waals surface area contributed by atoms with Crippen LogP contribution in [0.4, 0.5) is 23.2 Å². The highest BCUT2D eigenvalue weighted by molar-refractivity contribution is 5.94. The molecule has 3 rings (SSSR count). The molecule has 8 nitrogen and oxygen atoms in total. The summed E-state index contributed by atoms with van der Waals surface area (Å²) in [4.78, 5) is 15.3. The Morgan fingerprint density at radius 2 is 1.93 bits per heavy atom. The van der Waals surface area contributed by atoms with Gasteiger partial charge in [-0.25, -0.2) is 19.6 Å². The first-order valence-electron chi connectivity index (χ1n) is 7.97. The van der Waals surface area contributed by atoms with Gasteiger partial charge in [-0.1, -0.05) is 0 Å². The first-order chi connectivity index (χ1) is 13.7. The van der Waals surface area contributed by atoms with E-state index in [9.17, 15) is 22.4 Å². The molecule has 0 aliphatic heterocycles. The molecule has 150 valence electrons. The van der Waals surface area contributed by atoms with E-state index in [1.807, 2.05) is 0 Å². The summed E-state index contributed by atoms with van der Waals surface area (Å²) >= 11 is 0. The van der Waals surface area contributed by atoms with E-state index in [4.69, 9.17) is 5.53 Å². The highest BCUT2D eigenvalue weighted by Gasteiger charge is 2.31. The van der Waals surface area contributed by atoms with Crippen molar-refractivity contribution in [3.05, 3.63) is 66.0 Å². The van der Waals surface area contributed by atoms with Crippen LogP contribution in [0.1, 0.15) is 16.2 Å². The summed E-state index contributed by atoms with van der Waals surface area (Å²) in [6.45, 7) is 0.0509. The molecule has 2 N–H and O–H groups in total. The SMILES string of the molecule is N=NC(=O)c1ccc(NCc2ncn(-c3ccc(OC(F)(F)F)cc3)n2)c(F)c1. The molecule has 0 spiro atoms. The fourth-order valence-electron chi connectivity index (χ4n) is 2.33. The first kappa shape index (κ1) is 19.9. The predicted octanol–water partition coefficient (Wildman–Crippen LogP) is 4.09. The van der Waals surface area contributed by atoms with Crippen LogP contribution < -0.4 is 10.1 Å². The minimum Gasteiger partial charge on any atom is -0.406 e. The van der Waals surface area contributed by atoms with Crippen molar-refractivity contribution in [2.24, 2.45) is 5.11 Å². The number of halogens is 4. The van der Waals surface area contributed by atoms with Crippen molar-refractivity contribution in [3.63, 3.8) is 0 Å². The Kier molecular flexibility index (Phi) is 5.52. The Morgan fingerprint density at radius 3 is 2.55 bits per heavy atom. The molecule has 3 aromatic rings. The molecule has 12 heteroatoms. The molecule has 1 heterocycles. The maximum Gasteiger partial charge on any atom is 0.573 e. The van der Waals surface area contributed by atoms with Crippen LogP contribution in [0.5, 0.6) is 5.75 Å². The van der Waals surface area contributed by atoms with Crippen LogP contribution in [0, 0.1) is 11.3 Å². The number of nitrogens with zero attached hydrogens (tertiary/aromatic N) is 4. The second-order valence-corrected chi connectivity index (χ2v) is 5.61. The lowest BCUT2D eigenvalue weighted by molar-refractivity contribution is -0.274. The number of hydrogen-bond acceptors (Lipinski definition) is 6. The van der Waals surface area contributed by atoms with E-state index in [0.29, 0.717) is 11.5 Å². The highest BCUT2D eigenvalue weighted by atomic mass is 19.4. The van der Waals surface area contributed by atoms with Gasteiger partial charge in [0.15, 0.2) is 5.82 Å². The van der Waals surface area contributed by atoms with E-state index in [1.165, 1.54) is 35.3 Å². The van der Waals surface area contributed by atoms with Gasteiger partial charge >= 0.3 is 6.36 Å². The third-order valence-corrected chi connectivity index (χ3v) is 3.63. The number of hydrogen-bond donors (Lipinski definition) is 2. The smallest absolute Gasteiger partial charge is 0.406 e. The lowest BCUT2D eigenvalue weighted by Crippen LogP contribution is -2.17. The van der Waals surface area contributed by atoms with Gasteiger partial charge in [-0.3, -0.25) is 4.79 Å². The summed E-state index contributed by atoms with van der Waals surface area (Å²) in [5.74, 6) is -1.64. The van der Waals surface area contributed by atoms with Crippen molar-refractivity contribution >= 4 is 11.6 Å². The van der Waals surface area contributed by atoms with Crippen LogP contribution in [0.15, 0.2) is 53.9 Å². The van der Waals surface area contributed by atoms with Gasteiger partial charge in [0.05, 0.1) is 17.9 Å². The molecule has 0 unspecified atom stereocenters. The first-order valence-corrected chi connectivity index (χ1v) is 7.97. The van der Waals surface area contributed by atoms with Crippen LogP contribution in [0.3, 0.4) is 0 Å². The molecule has 1 aromatic heterocycles. The molecule has 2 aromatic carbocycles. The fourth-order valence-corrected chi connectivity index (χ4v) is 2.33. The maximum atomic E-state index is 14.0. The van der Waals surface area contributed by atoms with Crippen molar-refractivity contribution in [2.45, 2.75) is 12.9 Å². The summed E-state index contributed by atoms with van der Waals surface area (Å²) in [6.07, 6.45) is -3.42. The predicted molar refractivity (Wildman–Crippen MR) is 91.2 cm³/mol. The Bertz CT molecular complexity index is 1030. The van der Waals surface area contributed by atoms with E-state index in [2.05, 4.69) is 25.3 Å². The van der Waals surface area contributed by atoms with Gasteiger partial charge in [-0.05, 0) is 42.5 Å². The molecule has 0 aliphatic carbocycles. The second-order valence-electron chi connectivity index (χ2n) is 5.61. The molecule has 0 saturated carbocycles. The Labute approximate surface area is 160 Å². The van der Waals surface area contributed by atoms with Crippen molar-refractivity contribution < 1.29 is 27.1 Å². The Morgan fingerprint density at radius 1 is 1.21 bits per heavy atom. The van der Waals surface area contributed by atoms with E-state index < -0.39 is 18.1 Å². The average molecular weight is 408 g/mol. The number of aromatic nitrogens is 3. The zero-order valence-electron chi connectivity index (χ0n) is 14.4.